The monoisotopic (exact) mass is 533 g/mol. The number of para-hydroxylation sites is 2. The second kappa shape index (κ2) is 9.22. The second-order valence-corrected chi connectivity index (χ2v) is 5.47. The van der Waals surface area contributed by atoms with E-state index in [-0.39, 0.29) is 42.2 Å². The smallest absolute Gasteiger partial charge is 0.404 e. The van der Waals surface area contributed by atoms with Crippen LogP contribution in [0.25, 0.3) is 0 Å². The number of anilines is 1. The van der Waals surface area contributed by atoms with Gasteiger partial charge in [0.25, 0.3) is 0 Å². The van der Waals surface area contributed by atoms with Gasteiger partial charge in [0.15, 0.2) is 11.7 Å². The highest BCUT2D eigenvalue weighted by atomic mass is 127. The molecule has 2 aromatic rings. The van der Waals surface area contributed by atoms with Gasteiger partial charge in [-0.15, -0.1) is 37.1 Å². The molecule has 10 heteroatoms. The number of nitrogens with zero attached hydrogens (tertiary/aromatic N) is 1. The summed E-state index contributed by atoms with van der Waals surface area (Å²) in [6.45, 7) is 0.0608. The van der Waals surface area contributed by atoms with Crippen LogP contribution in [0.2, 0.25) is 0 Å². The molecule has 0 fully saturated rings. The Balaban J connectivity index is 0.00000312. The molecule has 136 valence electrons. The van der Waals surface area contributed by atoms with Crippen LogP contribution < -0.4 is 15.8 Å². The zero-order chi connectivity index (χ0) is 17.7. The first-order valence-electron chi connectivity index (χ1n) is 6.60. The van der Waals surface area contributed by atoms with E-state index in [1.807, 2.05) is 0 Å². The molecule has 4 nitrogen and oxygen atoms in total. The fourth-order valence-corrected chi connectivity index (χ4v) is 2.02. The van der Waals surface area contributed by atoms with Crippen molar-refractivity contribution in [1.82, 2.24) is 0 Å². The van der Waals surface area contributed by atoms with Gasteiger partial charge >= 0.3 is 6.36 Å². The van der Waals surface area contributed by atoms with Crippen LogP contribution >= 0.6 is 39.9 Å². The third-order valence-corrected chi connectivity index (χ3v) is 3.43. The fourth-order valence-electron chi connectivity index (χ4n) is 1.78. The molecule has 0 unspecified atom stereocenters. The summed E-state index contributed by atoms with van der Waals surface area (Å²) in [5, 5.41) is 2.53. The van der Waals surface area contributed by atoms with Gasteiger partial charge < -0.3 is 15.8 Å². The number of rotatable bonds is 4. The molecule has 0 heterocycles. The van der Waals surface area contributed by atoms with E-state index in [0.29, 0.717) is 10.0 Å². The largest absolute Gasteiger partial charge is 0.573 e. The Morgan fingerprint density at radius 1 is 1.20 bits per heavy atom. The van der Waals surface area contributed by atoms with Gasteiger partial charge in [-0.25, -0.2) is 9.38 Å². The fraction of sp³-hybridized carbons (Fsp3) is 0.133. The molecular formula is C15H13BrF4IN3O. The average molecular weight is 534 g/mol. The number of hydrogen-bond acceptors (Lipinski definition) is 2. The van der Waals surface area contributed by atoms with Crippen molar-refractivity contribution >= 4 is 51.6 Å². The highest BCUT2D eigenvalue weighted by Crippen LogP contribution is 2.29. The van der Waals surface area contributed by atoms with Gasteiger partial charge in [-0.05, 0) is 45.8 Å². The predicted molar refractivity (Wildman–Crippen MR) is 102 cm³/mol. The summed E-state index contributed by atoms with van der Waals surface area (Å²) in [4.78, 5) is 3.96. The molecule has 0 saturated heterocycles. The lowest BCUT2D eigenvalue weighted by molar-refractivity contribution is -0.274. The molecule has 0 saturated carbocycles. The molecule has 0 aliphatic carbocycles. The lowest BCUT2D eigenvalue weighted by Crippen LogP contribution is -2.24. The van der Waals surface area contributed by atoms with Crippen molar-refractivity contribution in [1.29, 1.82) is 0 Å². The molecule has 2 rings (SSSR count). The Morgan fingerprint density at radius 2 is 1.88 bits per heavy atom. The topological polar surface area (TPSA) is 59.6 Å². The molecule has 0 aromatic heterocycles. The van der Waals surface area contributed by atoms with Gasteiger partial charge in [0.2, 0.25) is 0 Å². The van der Waals surface area contributed by atoms with E-state index in [1.165, 1.54) is 30.3 Å². The lowest BCUT2D eigenvalue weighted by atomic mass is 10.2. The van der Waals surface area contributed by atoms with Crippen LogP contribution in [0.1, 0.15) is 5.56 Å². The number of guanidine groups is 1. The number of nitrogens with one attached hydrogen (secondary N) is 1. The Labute approximate surface area is 166 Å². The number of ether oxygens (including phenoxy) is 1. The van der Waals surface area contributed by atoms with Crippen molar-refractivity contribution in [2.45, 2.75) is 12.9 Å². The standard InChI is InChI=1S/C15H12BrF4N3O.HI/c16-10-6-5-9(7-11(10)17)8-22-14(21)23-12-3-1-2-4-13(12)24-15(18,19)20;/h1-7H,8H2,(H3,21,22,23);1H. The van der Waals surface area contributed by atoms with Crippen LogP contribution in [0.3, 0.4) is 0 Å². The van der Waals surface area contributed by atoms with Gasteiger partial charge in [-0.1, -0.05) is 18.2 Å². The molecular weight excluding hydrogens is 521 g/mol. The summed E-state index contributed by atoms with van der Waals surface area (Å²) in [5.74, 6) is -1.01. The van der Waals surface area contributed by atoms with E-state index in [1.54, 1.807) is 6.07 Å². The molecule has 0 bridgehead atoms. The van der Waals surface area contributed by atoms with Gasteiger partial charge in [-0.2, -0.15) is 0 Å². The van der Waals surface area contributed by atoms with Crippen molar-refractivity contribution in [2.75, 3.05) is 5.32 Å². The number of alkyl halides is 3. The third kappa shape index (κ3) is 7.06. The third-order valence-electron chi connectivity index (χ3n) is 2.79. The first kappa shape index (κ1) is 21.5. The van der Waals surface area contributed by atoms with Gasteiger partial charge in [0.05, 0.1) is 16.7 Å². The minimum Gasteiger partial charge on any atom is -0.404 e. The summed E-state index contributed by atoms with van der Waals surface area (Å²) in [6.07, 6.45) is -4.82. The molecule has 0 aliphatic heterocycles. The van der Waals surface area contributed by atoms with Crippen LogP contribution in [0.5, 0.6) is 5.75 Å². The lowest BCUT2D eigenvalue weighted by Gasteiger charge is -2.14. The molecule has 0 amide bonds. The highest BCUT2D eigenvalue weighted by molar-refractivity contribution is 14.0. The van der Waals surface area contributed by atoms with E-state index in [0.717, 1.165) is 6.07 Å². The first-order valence-corrected chi connectivity index (χ1v) is 7.39. The van der Waals surface area contributed by atoms with Crippen molar-refractivity contribution in [3.05, 3.63) is 58.3 Å². The quantitative estimate of drug-likeness (QED) is 0.251. The zero-order valence-corrected chi connectivity index (χ0v) is 16.4. The minimum atomic E-state index is -4.82. The summed E-state index contributed by atoms with van der Waals surface area (Å²) >= 11 is 3.03. The van der Waals surface area contributed by atoms with E-state index in [4.69, 9.17) is 5.73 Å². The maximum absolute atomic E-state index is 13.4. The molecule has 0 spiro atoms. The Morgan fingerprint density at radius 3 is 2.52 bits per heavy atom. The van der Waals surface area contributed by atoms with E-state index in [9.17, 15) is 17.6 Å². The van der Waals surface area contributed by atoms with E-state index >= 15 is 0 Å². The number of halogens is 6. The van der Waals surface area contributed by atoms with Crippen molar-refractivity contribution < 1.29 is 22.3 Å². The minimum absolute atomic E-state index is 0. The summed E-state index contributed by atoms with van der Waals surface area (Å²) in [6, 6.07) is 9.87. The Kier molecular flexibility index (Phi) is 7.93. The molecule has 25 heavy (non-hydrogen) atoms. The summed E-state index contributed by atoms with van der Waals surface area (Å²) in [7, 11) is 0. The summed E-state index contributed by atoms with van der Waals surface area (Å²) < 4.78 is 54.7. The Bertz CT molecular complexity index is 756. The van der Waals surface area contributed by atoms with Crippen LogP contribution in [-0.2, 0) is 6.54 Å². The maximum atomic E-state index is 13.4. The molecule has 0 atom stereocenters. The van der Waals surface area contributed by atoms with Crippen LogP contribution in [0.15, 0.2) is 51.9 Å². The number of nitrogens with two attached hydrogens (primary N) is 1. The number of aliphatic imine (C=N–C) groups is 1. The van der Waals surface area contributed by atoms with Crippen LogP contribution in [0.4, 0.5) is 23.2 Å². The number of hydrogen-bond donors (Lipinski definition) is 2. The summed E-state index contributed by atoms with van der Waals surface area (Å²) in [5.41, 5.74) is 6.22. The SMILES string of the molecule is I.NC(=NCc1ccc(Br)c(F)c1)Nc1ccccc1OC(F)(F)F. The highest BCUT2D eigenvalue weighted by Gasteiger charge is 2.32. The molecule has 3 N–H and O–H groups in total. The van der Waals surface area contributed by atoms with E-state index in [2.05, 4.69) is 31.0 Å². The van der Waals surface area contributed by atoms with Crippen LogP contribution in [-0.4, -0.2) is 12.3 Å². The maximum Gasteiger partial charge on any atom is 0.573 e. The van der Waals surface area contributed by atoms with Gasteiger partial charge in [0.1, 0.15) is 5.82 Å². The van der Waals surface area contributed by atoms with Crippen molar-refractivity contribution in [3.8, 4) is 5.75 Å². The molecule has 0 aliphatic rings. The van der Waals surface area contributed by atoms with Gasteiger partial charge in [0, 0.05) is 0 Å². The van der Waals surface area contributed by atoms with Crippen molar-refractivity contribution in [3.63, 3.8) is 0 Å². The zero-order valence-electron chi connectivity index (χ0n) is 12.5. The Hall–Kier alpha value is -1.56. The van der Waals surface area contributed by atoms with Crippen LogP contribution in [0, 0.1) is 5.82 Å². The predicted octanol–water partition coefficient (Wildman–Crippen LogP) is 5.03. The molecule has 0 radical (unpaired) electrons. The van der Waals surface area contributed by atoms with E-state index < -0.39 is 17.9 Å². The van der Waals surface area contributed by atoms with Crippen molar-refractivity contribution in [2.24, 2.45) is 10.7 Å². The molecule has 2 aromatic carbocycles. The average Bonchev–Trinajstić information content (AvgIpc) is 2.49. The normalized spacial score (nSPS) is 11.6. The first-order chi connectivity index (χ1) is 11.2. The second-order valence-electron chi connectivity index (χ2n) is 4.62. The van der Waals surface area contributed by atoms with Gasteiger partial charge in [-0.3, -0.25) is 0 Å². The number of benzene rings is 2.